The first-order valence-corrected chi connectivity index (χ1v) is 9.45. The van der Waals surface area contributed by atoms with Crippen LogP contribution in [0.2, 0.25) is 5.02 Å². The van der Waals surface area contributed by atoms with Gasteiger partial charge in [-0.1, -0.05) is 35.9 Å². The number of rotatable bonds is 6. The molecule has 1 saturated heterocycles. The lowest BCUT2D eigenvalue weighted by atomic mass is 10.1. The van der Waals surface area contributed by atoms with E-state index in [0.29, 0.717) is 6.61 Å². The molecule has 0 spiro atoms. The smallest absolute Gasteiger partial charge is 0.409 e. The summed E-state index contributed by atoms with van der Waals surface area (Å²) in [5.74, 6) is 6.37. The van der Waals surface area contributed by atoms with Gasteiger partial charge in [0.05, 0.1) is 6.61 Å². The molecule has 136 valence electrons. The fourth-order valence-electron chi connectivity index (χ4n) is 2.83. The van der Waals surface area contributed by atoms with Gasteiger partial charge in [-0.25, -0.2) is 4.79 Å². The van der Waals surface area contributed by atoms with Crippen LogP contribution in [-0.4, -0.2) is 55.2 Å². The van der Waals surface area contributed by atoms with Crippen molar-refractivity contribution in [3.63, 3.8) is 0 Å². The summed E-state index contributed by atoms with van der Waals surface area (Å²) in [5.41, 5.74) is 0.979. The van der Waals surface area contributed by atoms with E-state index in [1.807, 2.05) is 31.2 Å². The number of ether oxygens (including phenoxy) is 1. The molecule has 5 heteroatoms. The highest BCUT2D eigenvalue weighted by molar-refractivity contribution is 6.30. The molecule has 1 heterocycles. The Labute approximate surface area is 156 Å². The summed E-state index contributed by atoms with van der Waals surface area (Å²) in [6.07, 6.45) is 4.22. The molecule has 0 aliphatic carbocycles. The largest absolute Gasteiger partial charge is 0.450 e. The molecule has 1 aliphatic heterocycles. The van der Waals surface area contributed by atoms with E-state index >= 15 is 0 Å². The van der Waals surface area contributed by atoms with Gasteiger partial charge in [0.2, 0.25) is 0 Å². The van der Waals surface area contributed by atoms with E-state index in [2.05, 4.69) is 16.7 Å². The van der Waals surface area contributed by atoms with Crippen molar-refractivity contribution in [2.45, 2.75) is 32.6 Å². The first-order valence-electron chi connectivity index (χ1n) is 9.07. The number of piperazine rings is 1. The molecule has 1 aromatic rings. The number of halogens is 1. The summed E-state index contributed by atoms with van der Waals surface area (Å²) in [6.45, 7) is 6.79. The molecule has 25 heavy (non-hydrogen) atoms. The molecular formula is C20H27ClN2O2. The average molecular weight is 363 g/mol. The standard InChI is InChI=1S/C20H27ClN2O2/c1-2-25-20(24)23-15-13-22(14-16-23)12-7-5-3-4-6-9-18-10-8-11-19(21)17-18/h8,10-11,17H,2-5,7,12-16H2,1H3. The number of hydrogen-bond donors (Lipinski definition) is 0. The first-order chi connectivity index (χ1) is 12.2. The second-order valence-corrected chi connectivity index (χ2v) is 6.59. The number of nitrogens with zero attached hydrogens (tertiary/aromatic N) is 2. The van der Waals surface area contributed by atoms with Gasteiger partial charge in [0, 0.05) is 43.2 Å². The lowest BCUT2D eigenvalue weighted by Crippen LogP contribution is -2.49. The maximum atomic E-state index is 11.7. The predicted molar refractivity (Wildman–Crippen MR) is 102 cm³/mol. The van der Waals surface area contributed by atoms with E-state index in [4.69, 9.17) is 16.3 Å². The van der Waals surface area contributed by atoms with Gasteiger partial charge in [-0.05, 0) is 44.5 Å². The monoisotopic (exact) mass is 362 g/mol. The Morgan fingerprint density at radius 1 is 1.20 bits per heavy atom. The van der Waals surface area contributed by atoms with E-state index in [-0.39, 0.29) is 6.09 Å². The zero-order valence-corrected chi connectivity index (χ0v) is 15.7. The van der Waals surface area contributed by atoms with Crippen LogP contribution in [0.1, 0.15) is 38.2 Å². The highest BCUT2D eigenvalue weighted by Crippen LogP contribution is 2.10. The molecule has 1 aromatic carbocycles. The van der Waals surface area contributed by atoms with Gasteiger partial charge in [0.15, 0.2) is 0 Å². The quantitative estimate of drug-likeness (QED) is 0.566. The number of carbonyl (C=O) groups is 1. The zero-order valence-electron chi connectivity index (χ0n) is 15.0. The van der Waals surface area contributed by atoms with Crippen LogP contribution in [-0.2, 0) is 4.74 Å². The van der Waals surface area contributed by atoms with Crippen molar-refractivity contribution in [3.05, 3.63) is 34.9 Å². The number of unbranched alkanes of at least 4 members (excludes halogenated alkanes) is 3. The summed E-state index contributed by atoms with van der Waals surface area (Å²) < 4.78 is 5.04. The summed E-state index contributed by atoms with van der Waals surface area (Å²) in [7, 11) is 0. The zero-order chi connectivity index (χ0) is 17.9. The Hall–Kier alpha value is -1.70. The van der Waals surface area contributed by atoms with Crippen LogP contribution < -0.4 is 0 Å². The maximum absolute atomic E-state index is 11.7. The lowest BCUT2D eigenvalue weighted by molar-refractivity contribution is 0.0792. The van der Waals surface area contributed by atoms with E-state index in [0.717, 1.165) is 56.2 Å². The van der Waals surface area contributed by atoms with Crippen molar-refractivity contribution < 1.29 is 9.53 Å². The van der Waals surface area contributed by atoms with E-state index in [1.54, 1.807) is 4.90 Å². The van der Waals surface area contributed by atoms with Crippen molar-refractivity contribution in [1.82, 2.24) is 9.80 Å². The van der Waals surface area contributed by atoms with Gasteiger partial charge in [-0.15, -0.1) is 0 Å². The molecule has 0 N–H and O–H groups in total. The van der Waals surface area contributed by atoms with E-state index < -0.39 is 0 Å². The van der Waals surface area contributed by atoms with Gasteiger partial charge in [0.25, 0.3) is 0 Å². The minimum atomic E-state index is -0.180. The molecule has 0 unspecified atom stereocenters. The highest BCUT2D eigenvalue weighted by atomic mass is 35.5. The Morgan fingerprint density at radius 2 is 2.00 bits per heavy atom. The van der Waals surface area contributed by atoms with Crippen LogP contribution >= 0.6 is 11.6 Å². The van der Waals surface area contributed by atoms with Gasteiger partial charge < -0.3 is 9.64 Å². The number of hydrogen-bond acceptors (Lipinski definition) is 3. The Kier molecular flexibility index (Phi) is 8.65. The van der Waals surface area contributed by atoms with Gasteiger partial charge >= 0.3 is 6.09 Å². The Bertz CT molecular complexity index is 601. The Morgan fingerprint density at radius 3 is 2.72 bits per heavy atom. The summed E-state index contributed by atoms with van der Waals surface area (Å²) in [6, 6.07) is 7.66. The first kappa shape index (κ1) is 19.6. The third-order valence-electron chi connectivity index (χ3n) is 4.23. The van der Waals surface area contributed by atoms with Crippen molar-refractivity contribution in [2.24, 2.45) is 0 Å². The third kappa shape index (κ3) is 7.37. The molecule has 1 fully saturated rings. The third-order valence-corrected chi connectivity index (χ3v) is 4.47. The van der Waals surface area contributed by atoms with Crippen molar-refractivity contribution in [3.8, 4) is 11.8 Å². The van der Waals surface area contributed by atoms with Crippen molar-refractivity contribution in [1.29, 1.82) is 0 Å². The van der Waals surface area contributed by atoms with Crippen LogP contribution in [0.5, 0.6) is 0 Å². The predicted octanol–water partition coefficient (Wildman–Crippen LogP) is 4.03. The van der Waals surface area contributed by atoms with Crippen LogP contribution in [0.15, 0.2) is 24.3 Å². The van der Waals surface area contributed by atoms with E-state index in [9.17, 15) is 4.79 Å². The topological polar surface area (TPSA) is 32.8 Å². The number of carbonyl (C=O) groups excluding carboxylic acids is 1. The van der Waals surface area contributed by atoms with Gasteiger partial charge in [0.1, 0.15) is 0 Å². The average Bonchev–Trinajstić information content (AvgIpc) is 2.62. The fraction of sp³-hybridized carbons (Fsp3) is 0.550. The Balaban J connectivity index is 1.54. The minimum absolute atomic E-state index is 0.180. The minimum Gasteiger partial charge on any atom is -0.450 e. The molecule has 0 atom stereocenters. The highest BCUT2D eigenvalue weighted by Gasteiger charge is 2.21. The maximum Gasteiger partial charge on any atom is 0.409 e. The molecule has 0 aromatic heterocycles. The van der Waals surface area contributed by atoms with Crippen LogP contribution in [0.4, 0.5) is 4.79 Å². The van der Waals surface area contributed by atoms with Crippen LogP contribution in [0.25, 0.3) is 0 Å². The lowest BCUT2D eigenvalue weighted by Gasteiger charge is -2.33. The van der Waals surface area contributed by atoms with Crippen molar-refractivity contribution >= 4 is 17.7 Å². The molecule has 1 aliphatic rings. The van der Waals surface area contributed by atoms with Gasteiger partial charge in [-0.2, -0.15) is 0 Å². The molecular weight excluding hydrogens is 336 g/mol. The molecule has 1 amide bonds. The summed E-state index contributed by atoms with van der Waals surface area (Å²) in [4.78, 5) is 15.9. The summed E-state index contributed by atoms with van der Waals surface area (Å²) in [5, 5.41) is 0.731. The molecule has 0 saturated carbocycles. The van der Waals surface area contributed by atoms with Crippen LogP contribution in [0.3, 0.4) is 0 Å². The molecule has 0 bridgehead atoms. The normalized spacial score (nSPS) is 14.7. The van der Waals surface area contributed by atoms with Crippen molar-refractivity contribution in [2.75, 3.05) is 39.3 Å². The van der Waals surface area contributed by atoms with E-state index in [1.165, 1.54) is 12.8 Å². The summed E-state index contributed by atoms with van der Waals surface area (Å²) >= 11 is 5.94. The number of benzene rings is 1. The second-order valence-electron chi connectivity index (χ2n) is 6.15. The molecule has 4 nitrogen and oxygen atoms in total. The second kappa shape index (κ2) is 11.0. The fourth-order valence-corrected chi connectivity index (χ4v) is 3.02. The van der Waals surface area contributed by atoms with Crippen LogP contribution in [0, 0.1) is 11.8 Å². The van der Waals surface area contributed by atoms with Gasteiger partial charge in [-0.3, -0.25) is 4.90 Å². The molecule has 2 rings (SSSR count). The molecule has 0 radical (unpaired) electrons. The SMILES string of the molecule is CCOC(=O)N1CCN(CCCCCC#Cc2cccc(Cl)c2)CC1. The number of amides is 1.